The van der Waals surface area contributed by atoms with Gasteiger partial charge in [0.2, 0.25) is 0 Å². The first kappa shape index (κ1) is 14.5. The molecule has 0 aliphatic carbocycles. The Labute approximate surface area is 114 Å². The number of hydroxylamine groups is 2. The monoisotopic (exact) mass is 285 g/mol. The van der Waals surface area contributed by atoms with Crippen LogP contribution in [0.3, 0.4) is 0 Å². The lowest BCUT2D eigenvalue weighted by Gasteiger charge is -2.14. The van der Waals surface area contributed by atoms with Crippen molar-refractivity contribution in [2.24, 2.45) is 0 Å². The number of rotatable bonds is 6. The molecule has 0 radical (unpaired) electrons. The van der Waals surface area contributed by atoms with E-state index >= 15 is 0 Å². The van der Waals surface area contributed by atoms with Gasteiger partial charge in [-0.05, 0) is 31.9 Å². The summed E-state index contributed by atoms with van der Waals surface area (Å²) in [6, 6.07) is 6.59. The summed E-state index contributed by atoms with van der Waals surface area (Å²) in [5.41, 5.74) is 1.01. The zero-order valence-electron chi connectivity index (χ0n) is 11.0. The molecule has 19 heavy (non-hydrogen) atoms. The molecule has 6 heteroatoms. The third kappa shape index (κ3) is 4.28. The molecule has 5 nitrogen and oxygen atoms in total. The summed E-state index contributed by atoms with van der Waals surface area (Å²) < 4.78 is 28.6. The molecule has 1 fully saturated rings. The highest BCUT2D eigenvalue weighted by atomic mass is 32.2. The Morgan fingerprint density at radius 2 is 1.74 bits per heavy atom. The summed E-state index contributed by atoms with van der Waals surface area (Å²) >= 11 is 0. The van der Waals surface area contributed by atoms with Crippen molar-refractivity contribution in [1.82, 2.24) is 5.06 Å². The van der Waals surface area contributed by atoms with Crippen LogP contribution in [0.4, 0.5) is 0 Å². The van der Waals surface area contributed by atoms with E-state index in [1.54, 1.807) is 24.3 Å². The van der Waals surface area contributed by atoms with Crippen molar-refractivity contribution in [1.29, 1.82) is 0 Å². The fourth-order valence-electron chi connectivity index (χ4n) is 1.90. The molecule has 0 atom stereocenters. The molecular formula is C13H19NO4S. The number of benzene rings is 1. The molecule has 1 aromatic rings. The molecule has 106 valence electrons. The summed E-state index contributed by atoms with van der Waals surface area (Å²) in [5.74, 6) is 0. The van der Waals surface area contributed by atoms with Crippen LogP contribution < -0.4 is 0 Å². The van der Waals surface area contributed by atoms with E-state index in [0.29, 0.717) is 0 Å². The van der Waals surface area contributed by atoms with Crippen LogP contribution in [0.1, 0.15) is 18.4 Å². The lowest BCUT2D eigenvalue weighted by Crippen LogP contribution is -2.23. The Hall–Kier alpha value is -0.950. The van der Waals surface area contributed by atoms with Crippen molar-refractivity contribution in [3.63, 3.8) is 0 Å². The summed E-state index contributed by atoms with van der Waals surface area (Å²) in [7, 11) is -3.67. The second-order valence-corrected chi connectivity index (χ2v) is 6.17. The Kier molecular flexibility index (Phi) is 4.93. The van der Waals surface area contributed by atoms with Crippen LogP contribution in [0.15, 0.2) is 29.2 Å². The number of aryl methyl sites for hydroxylation is 1. The molecule has 0 aromatic heterocycles. The molecule has 0 amide bonds. The summed E-state index contributed by atoms with van der Waals surface area (Å²) in [4.78, 5) is 5.58. The third-order valence-electron chi connectivity index (χ3n) is 2.97. The maximum Gasteiger partial charge on any atom is 0.297 e. The Morgan fingerprint density at radius 3 is 2.37 bits per heavy atom. The van der Waals surface area contributed by atoms with E-state index < -0.39 is 10.1 Å². The van der Waals surface area contributed by atoms with E-state index in [-0.39, 0.29) is 18.1 Å². The van der Waals surface area contributed by atoms with Crippen molar-refractivity contribution in [3.8, 4) is 0 Å². The van der Waals surface area contributed by atoms with E-state index in [0.717, 1.165) is 31.5 Å². The molecule has 1 aliphatic heterocycles. The highest BCUT2D eigenvalue weighted by molar-refractivity contribution is 7.86. The van der Waals surface area contributed by atoms with Gasteiger partial charge in [0.1, 0.15) is 0 Å². The highest BCUT2D eigenvalue weighted by Crippen LogP contribution is 2.13. The van der Waals surface area contributed by atoms with Gasteiger partial charge in [-0.3, -0.25) is 9.02 Å². The van der Waals surface area contributed by atoms with Crippen LogP contribution in [-0.2, 0) is 19.1 Å². The molecule has 0 saturated carbocycles. The zero-order chi connectivity index (χ0) is 13.7. The summed E-state index contributed by atoms with van der Waals surface area (Å²) in [5, 5.41) is 1.85. The van der Waals surface area contributed by atoms with E-state index in [1.807, 2.05) is 12.0 Å². The maximum absolute atomic E-state index is 11.8. The molecule has 0 bridgehead atoms. The molecule has 0 spiro atoms. The second kappa shape index (κ2) is 6.47. The third-order valence-corrected chi connectivity index (χ3v) is 4.30. The van der Waals surface area contributed by atoms with Crippen LogP contribution >= 0.6 is 0 Å². The first-order valence-corrected chi connectivity index (χ1v) is 7.83. The Morgan fingerprint density at radius 1 is 1.11 bits per heavy atom. The van der Waals surface area contributed by atoms with Gasteiger partial charge in [0, 0.05) is 13.1 Å². The average molecular weight is 285 g/mol. The minimum atomic E-state index is -3.67. The van der Waals surface area contributed by atoms with Crippen molar-refractivity contribution in [2.45, 2.75) is 24.7 Å². The van der Waals surface area contributed by atoms with Crippen molar-refractivity contribution in [3.05, 3.63) is 29.8 Å². The number of hydrogen-bond donors (Lipinski definition) is 0. The molecule has 2 rings (SSSR count). The van der Waals surface area contributed by atoms with Crippen molar-refractivity contribution >= 4 is 10.1 Å². The quantitative estimate of drug-likeness (QED) is 0.588. The van der Waals surface area contributed by atoms with Gasteiger partial charge in [0.25, 0.3) is 10.1 Å². The first-order chi connectivity index (χ1) is 9.08. The van der Waals surface area contributed by atoms with E-state index in [4.69, 9.17) is 9.02 Å². The number of nitrogens with zero attached hydrogens (tertiary/aromatic N) is 1. The van der Waals surface area contributed by atoms with Gasteiger partial charge in [0.05, 0.1) is 18.1 Å². The van der Waals surface area contributed by atoms with E-state index in [1.165, 1.54) is 0 Å². The smallest absolute Gasteiger partial charge is 0.297 e. The molecular weight excluding hydrogens is 266 g/mol. The Balaban J connectivity index is 1.79. The van der Waals surface area contributed by atoms with Crippen molar-refractivity contribution in [2.75, 3.05) is 26.3 Å². The lowest BCUT2D eigenvalue weighted by atomic mass is 10.2. The van der Waals surface area contributed by atoms with Crippen LogP contribution in [0.5, 0.6) is 0 Å². The van der Waals surface area contributed by atoms with Crippen LogP contribution in [0.2, 0.25) is 0 Å². The summed E-state index contributed by atoms with van der Waals surface area (Å²) in [6.07, 6.45) is 2.26. The minimum absolute atomic E-state index is 0.0344. The maximum atomic E-state index is 11.8. The van der Waals surface area contributed by atoms with Gasteiger partial charge in [-0.1, -0.05) is 17.7 Å². The van der Waals surface area contributed by atoms with Crippen LogP contribution in [0.25, 0.3) is 0 Å². The average Bonchev–Trinajstić information content (AvgIpc) is 2.88. The standard InChI is InChI=1S/C13H19NO4S/c1-12-4-6-13(7-5-12)19(15,16)18-11-10-17-14-8-2-3-9-14/h4-7H,2-3,8-11H2,1H3. The molecule has 1 aromatic carbocycles. The predicted molar refractivity (Wildman–Crippen MR) is 71.1 cm³/mol. The fraction of sp³-hybridized carbons (Fsp3) is 0.538. The predicted octanol–water partition coefficient (Wildman–Crippen LogP) is 1.73. The van der Waals surface area contributed by atoms with Gasteiger partial charge < -0.3 is 0 Å². The van der Waals surface area contributed by atoms with Gasteiger partial charge in [0.15, 0.2) is 0 Å². The summed E-state index contributed by atoms with van der Waals surface area (Å²) in [6.45, 7) is 4.01. The molecule has 0 unspecified atom stereocenters. The highest BCUT2D eigenvalue weighted by Gasteiger charge is 2.16. The van der Waals surface area contributed by atoms with E-state index in [9.17, 15) is 8.42 Å². The molecule has 1 saturated heterocycles. The topological polar surface area (TPSA) is 55.8 Å². The van der Waals surface area contributed by atoms with Crippen LogP contribution in [0, 0.1) is 6.92 Å². The van der Waals surface area contributed by atoms with Gasteiger partial charge >= 0.3 is 0 Å². The van der Waals surface area contributed by atoms with Crippen molar-refractivity contribution < 1.29 is 17.4 Å². The molecule has 1 heterocycles. The lowest BCUT2D eigenvalue weighted by molar-refractivity contribution is -0.148. The SMILES string of the molecule is Cc1ccc(S(=O)(=O)OCCON2CCCC2)cc1. The van der Waals surface area contributed by atoms with Crippen LogP contribution in [-0.4, -0.2) is 39.8 Å². The van der Waals surface area contributed by atoms with Gasteiger partial charge in [-0.15, -0.1) is 0 Å². The second-order valence-electron chi connectivity index (χ2n) is 4.56. The largest absolute Gasteiger partial charge is 0.297 e. The first-order valence-electron chi connectivity index (χ1n) is 6.42. The fourth-order valence-corrected chi connectivity index (χ4v) is 2.79. The zero-order valence-corrected chi connectivity index (χ0v) is 11.9. The van der Waals surface area contributed by atoms with Gasteiger partial charge in [-0.2, -0.15) is 13.5 Å². The molecule has 0 N–H and O–H groups in total. The Bertz CT molecular complexity index is 492. The van der Waals surface area contributed by atoms with E-state index in [2.05, 4.69) is 0 Å². The van der Waals surface area contributed by atoms with Gasteiger partial charge in [-0.25, -0.2) is 0 Å². The molecule has 1 aliphatic rings. The number of hydrogen-bond acceptors (Lipinski definition) is 5. The normalized spacial score (nSPS) is 16.9. The minimum Gasteiger partial charge on any atom is -0.297 e.